The summed E-state index contributed by atoms with van der Waals surface area (Å²) in [4.78, 5) is 4.43. The summed E-state index contributed by atoms with van der Waals surface area (Å²) in [5.41, 5.74) is 1.59. The number of hydrogen-bond donors (Lipinski definition) is 2. The van der Waals surface area contributed by atoms with Crippen LogP contribution in [0.4, 0.5) is 10.8 Å². The van der Waals surface area contributed by atoms with Crippen molar-refractivity contribution < 1.29 is 0 Å². The zero-order valence-electron chi connectivity index (χ0n) is 10.6. The van der Waals surface area contributed by atoms with Crippen molar-refractivity contribution in [3.63, 3.8) is 0 Å². The summed E-state index contributed by atoms with van der Waals surface area (Å²) in [6.45, 7) is 0. The second-order valence-corrected chi connectivity index (χ2v) is 6.48. The van der Waals surface area contributed by atoms with Crippen LogP contribution in [-0.4, -0.2) is 10.1 Å². The highest BCUT2D eigenvalue weighted by Gasteiger charge is 2.08. The number of para-hydroxylation sites is 1. The summed E-state index contributed by atoms with van der Waals surface area (Å²) in [5.74, 6) is 0. The first kappa shape index (κ1) is 14.5. The summed E-state index contributed by atoms with van der Waals surface area (Å²) in [5, 5.41) is 8.53. The zero-order valence-corrected chi connectivity index (χ0v) is 13.7. The molecule has 3 aromatic rings. The Balaban J connectivity index is 1.75. The Kier molecular flexibility index (Phi) is 4.26. The average Bonchev–Trinajstić information content (AvgIpc) is 2.82. The summed E-state index contributed by atoms with van der Waals surface area (Å²) >= 11 is 18.8. The van der Waals surface area contributed by atoms with Gasteiger partial charge >= 0.3 is 0 Å². The van der Waals surface area contributed by atoms with Crippen molar-refractivity contribution in [1.29, 1.82) is 0 Å². The Bertz CT molecular complexity index is 817. The highest BCUT2D eigenvalue weighted by molar-refractivity contribution is 7.80. The van der Waals surface area contributed by atoms with Gasteiger partial charge in [-0.2, -0.15) is 0 Å². The molecule has 2 N–H and O–H groups in total. The zero-order chi connectivity index (χ0) is 14.8. The number of halogens is 2. The largest absolute Gasteiger partial charge is 0.332 e. The molecule has 7 heteroatoms. The minimum absolute atomic E-state index is 0.451. The number of aromatic nitrogens is 1. The molecule has 0 bridgehead atoms. The van der Waals surface area contributed by atoms with Crippen LogP contribution in [0.3, 0.4) is 0 Å². The average molecular weight is 354 g/mol. The third-order valence-electron chi connectivity index (χ3n) is 2.67. The van der Waals surface area contributed by atoms with Gasteiger partial charge in [-0.3, -0.25) is 0 Å². The van der Waals surface area contributed by atoms with Crippen molar-refractivity contribution in [2.75, 3.05) is 10.6 Å². The lowest BCUT2D eigenvalue weighted by atomic mass is 10.3. The molecule has 0 unspecified atom stereocenters. The first-order chi connectivity index (χ1) is 10.1. The normalized spacial score (nSPS) is 10.6. The summed E-state index contributed by atoms with van der Waals surface area (Å²) < 4.78 is 1.01. The first-order valence-electron chi connectivity index (χ1n) is 6.00. The Labute approximate surface area is 140 Å². The van der Waals surface area contributed by atoms with Crippen LogP contribution in [0, 0.1) is 0 Å². The number of thiazole rings is 1. The fourth-order valence-electron chi connectivity index (χ4n) is 1.79. The van der Waals surface area contributed by atoms with Crippen molar-refractivity contribution in [3.05, 3.63) is 52.5 Å². The van der Waals surface area contributed by atoms with E-state index in [0.29, 0.717) is 20.3 Å². The van der Waals surface area contributed by atoms with Crippen molar-refractivity contribution in [2.45, 2.75) is 0 Å². The molecule has 1 aromatic heterocycles. The Morgan fingerprint density at radius 1 is 1.10 bits per heavy atom. The van der Waals surface area contributed by atoms with Gasteiger partial charge in [0.2, 0.25) is 0 Å². The van der Waals surface area contributed by atoms with E-state index in [1.807, 2.05) is 30.3 Å². The number of benzene rings is 2. The Hall–Kier alpha value is -1.40. The number of thiocarbonyl (C=S) groups is 1. The molecule has 0 aliphatic heterocycles. The molecule has 0 saturated heterocycles. The van der Waals surface area contributed by atoms with E-state index < -0.39 is 0 Å². The van der Waals surface area contributed by atoms with E-state index in [1.54, 1.807) is 12.1 Å². The topological polar surface area (TPSA) is 37.0 Å². The fourth-order valence-corrected chi connectivity index (χ4v) is 3.43. The molecule has 3 nitrogen and oxygen atoms in total. The van der Waals surface area contributed by atoms with E-state index in [4.69, 9.17) is 35.4 Å². The highest BCUT2D eigenvalue weighted by atomic mass is 35.5. The van der Waals surface area contributed by atoms with Gasteiger partial charge < -0.3 is 10.6 Å². The summed E-state index contributed by atoms with van der Waals surface area (Å²) in [7, 11) is 0. The van der Waals surface area contributed by atoms with E-state index in [-0.39, 0.29) is 0 Å². The molecule has 0 aliphatic rings. The van der Waals surface area contributed by atoms with E-state index in [1.165, 1.54) is 11.3 Å². The Morgan fingerprint density at radius 3 is 2.67 bits per heavy atom. The number of anilines is 2. The van der Waals surface area contributed by atoms with Crippen LogP contribution < -0.4 is 10.6 Å². The van der Waals surface area contributed by atoms with Gasteiger partial charge in [-0.15, -0.1) is 0 Å². The predicted octanol–water partition coefficient (Wildman–Crippen LogP) is 5.41. The van der Waals surface area contributed by atoms with Crippen molar-refractivity contribution in [2.24, 2.45) is 0 Å². The van der Waals surface area contributed by atoms with E-state index in [9.17, 15) is 0 Å². The van der Waals surface area contributed by atoms with Gasteiger partial charge in [-0.25, -0.2) is 4.98 Å². The minimum Gasteiger partial charge on any atom is -0.332 e. The molecule has 21 heavy (non-hydrogen) atoms. The highest BCUT2D eigenvalue weighted by Crippen LogP contribution is 2.30. The number of nitrogens with one attached hydrogen (secondary N) is 2. The number of fused-ring (bicyclic) bond motifs is 1. The molecule has 0 amide bonds. The second kappa shape index (κ2) is 6.15. The van der Waals surface area contributed by atoms with Crippen LogP contribution in [0.15, 0.2) is 42.5 Å². The Morgan fingerprint density at radius 2 is 1.90 bits per heavy atom. The van der Waals surface area contributed by atoms with Crippen LogP contribution in [0.5, 0.6) is 0 Å². The molecular formula is C14H9Cl2N3S2. The minimum atomic E-state index is 0.451. The maximum atomic E-state index is 6.11. The molecule has 0 atom stereocenters. The number of nitrogens with zero attached hydrogens (tertiary/aromatic N) is 1. The molecule has 2 aromatic carbocycles. The monoisotopic (exact) mass is 353 g/mol. The van der Waals surface area contributed by atoms with Crippen LogP contribution in [0.1, 0.15) is 0 Å². The lowest BCUT2D eigenvalue weighted by Gasteiger charge is -2.08. The molecule has 0 saturated carbocycles. The SMILES string of the molecule is S=C(Nc1cccc(Cl)c1)Nc1nc2c(Cl)cccc2s1. The molecule has 1 heterocycles. The molecular weight excluding hydrogens is 345 g/mol. The van der Waals surface area contributed by atoms with Crippen LogP contribution >= 0.6 is 46.8 Å². The van der Waals surface area contributed by atoms with Crippen molar-refractivity contribution in [3.8, 4) is 0 Å². The van der Waals surface area contributed by atoms with Crippen molar-refractivity contribution >= 4 is 72.9 Å². The maximum absolute atomic E-state index is 6.11. The predicted molar refractivity (Wildman–Crippen MR) is 95.9 cm³/mol. The van der Waals surface area contributed by atoms with E-state index in [0.717, 1.165) is 15.9 Å². The van der Waals surface area contributed by atoms with Gasteiger partial charge in [-0.05, 0) is 42.5 Å². The van der Waals surface area contributed by atoms with Crippen LogP contribution in [0.2, 0.25) is 10.0 Å². The summed E-state index contributed by atoms with van der Waals surface area (Å²) in [6.07, 6.45) is 0. The maximum Gasteiger partial charge on any atom is 0.190 e. The van der Waals surface area contributed by atoms with Gasteiger partial charge in [0, 0.05) is 10.7 Å². The quantitative estimate of drug-likeness (QED) is 0.603. The fraction of sp³-hybridized carbons (Fsp3) is 0. The molecule has 106 valence electrons. The third-order valence-corrected chi connectivity index (χ3v) is 4.35. The van der Waals surface area contributed by atoms with Gasteiger partial charge in [0.1, 0.15) is 5.52 Å². The van der Waals surface area contributed by atoms with Crippen LogP contribution in [0.25, 0.3) is 10.2 Å². The lowest BCUT2D eigenvalue weighted by molar-refractivity contribution is 1.47. The van der Waals surface area contributed by atoms with Gasteiger partial charge in [-0.1, -0.05) is 46.7 Å². The van der Waals surface area contributed by atoms with E-state index >= 15 is 0 Å². The second-order valence-electron chi connectivity index (χ2n) is 4.20. The molecule has 3 rings (SSSR count). The molecule has 0 aliphatic carbocycles. The smallest absolute Gasteiger partial charge is 0.190 e. The third kappa shape index (κ3) is 3.44. The van der Waals surface area contributed by atoms with Crippen molar-refractivity contribution in [1.82, 2.24) is 4.98 Å². The standard InChI is InChI=1S/C14H9Cl2N3S2/c15-8-3-1-4-9(7-8)17-13(20)19-14-18-12-10(16)5-2-6-11(12)21-14/h1-7H,(H2,17,18,19,20). The van der Waals surface area contributed by atoms with E-state index in [2.05, 4.69) is 15.6 Å². The lowest BCUT2D eigenvalue weighted by Crippen LogP contribution is -2.18. The number of hydrogen-bond acceptors (Lipinski definition) is 3. The van der Waals surface area contributed by atoms with Gasteiger partial charge in [0.25, 0.3) is 0 Å². The molecule has 0 radical (unpaired) electrons. The first-order valence-corrected chi connectivity index (χ1v) is 7.98. The van der Waals surface area contributed by atoms with Gasteiger partial charge in [0.15, 0.2) is 10.2 Å². The summed E-state index contributed by atoms with van der Waals surface area (Å²) in [6, 6.07) is 13.0. The number of rotatable bonds is 2. The molecule has 0 spiro atoms. The van der Waals surface area contributed by atoms with Crippen LogP contribution in [-0.2, 0) is 0 Å². The van der Waals surface area contributed by atoms with Gasteiger partial charge in [0.05, 0.1) is 9.72 Å². The molecule has 0 fully saturated rings.